The summed E-state index contributed by atoms with van der Waals surface area (Å²) in [4.78, 5) is 18.9. The molecule has 1 saturated carbocycles. The fourth-order valence-electron chi connectivity index (χ4n) is 4.38. The van der Waals surface area contributed by atoms with Crippen molar-refractivity contribution in [2.75, 3.05) is 39.5 Å². The molecule has 1 aliphatic heterocycles. The molecule has 4 rings (SSSR count). The van der Waals surface area contributed by atoms with Crippen molar-refractivity contribution in [3.63, 3.8) is 0 Å². The molecule has 2 atom stereocenters. The second-order valence-corrected chi connectivity index (χ2v) is 9.75. The molecule has 1 amide bonds. The Balaban J connectivity index is 1.44. The van der Waals surface area contributed by atoms with E-state index in [9.17, 15) is 9.90 Å². The van der Waals surface area contributed by atoms with Gasteiger partial charge in [-0.25, -0.2) is 0 Å². The monoisotopic (exact) mass is 458 g/mol. The van der Waals surface area contributed by atoms with Crippen molar-refractivity contribution < 1.29 is 19.4 Å². The van der Waals surface area contributed by atoms with Crippen molar-refractivity contribution in [1.82, 2.24) is 9.80 Å². The third-order valence-electron chi connectivity index (χ3n) is 6.17. The van der Waals surface area contributed by atoms with Gasteiger partial charge in [-0.3, -0.25) is 9.69 Å². The highest BCUT2D eigenvalue weighted by Crippen LogP contribution is 2.35. The minimum atomic E-state index is -0.575. The lowest BCUT2D eigenvalue weighted by molar-refractivity contribution is -0.136. The summed E-state index contributed by atoms with van der Waals surface area (Å²) < 4.78 is 11.5. The molecular formula is C25H34N2O4S. The predicted molar refractivity (Wildman–Crippen MR) is 126 cm³/mol. The van der Waals surface area contributed by atoms with Gasteiger partial charge in [-0.15, -0.1) is 11.3 Å². The number of amides is 1. The van der Waals surface area contributed by atoms with Gasteiger partial charge in [0.1, 0.15) is 12.4 Å². The lowest BCUT2D eigenvalue weighted by Crippen LogP contribution is -2.48. The minimum absolute atomic E-state index is 0.0904. The van der Waals surface area contributed by atoms with Gasteiger partial charge in [-0.2, -0.15) is 0 Å². The van der Waals surface area contributed by atoms with Crippen LogP contribution in [0.5, 0.6) is 5.75 Å². The van der Waals surface area contributed by atoms with Gasteiger partial charge in [0.05, 0.1) is 25.3 Å². The normalized spacial score (nSPS) is 19.1. The Morgan fingerprint density at radius 2 is 2.19 bits per heavy atom. The Bertz CT molecular complexity index is 898. The van der Waals surface area contributed by atoms with Crippen molar-refractivity contribution in [2.45, 2.75) is 51.3 Å². The number of hydrogen-bond donors (Lipinski definition) is 1. The summed E-state index contributed by atoms with van der Waals surface area (Å²) in [5.74, 6) is 0.939. The van der Waals surface area contributed by atoms with Gasteiger partial charge in [-0.1, -0.05) is 12.1 Å². The lowest BCUT2D eigenvalue weighted by Gasteiger charge is -2.37. The molecule has 2 aliphatic rings. The van der Waals surface area contributed by atoms with Crippen LogP contribution in [0.1, 0.15) is 41.8 Å². The Labute approximate surface area is 194 Å². The van der Waals surface area contributed by atoms with E-state index in [2.05, 4.69) is 16.3 Å². The number of ether oxygens (including phenoxy) is 2. The molecule has 1 N–H and O–H groups in total. The quantitative estimate of drug-likeness (QED) is 0.559. The molecule has 2 unspecified atom stereocenters. The van der Waals surface area contributed by atoms with Gasteiger partial charge in [0.25, 0.3) is 0 Å². The number of hydrogen-bond acceptors (Lipinski definition) is 6. The molecule has 6 nitrogen and oxygen atoms in total. The molecule has 1 aliphatic carbocycles. The molecule has 1 aromatic heterocycles. The van der Waals surface area contributed by atoms with Crippen molar-refractivity contribution in [2.24, 2.45) is 0 Å². The van der Waals surface area contributed by atoms with Crippen LogP contribution in [-0.2, 0) is 16.0 Å². The van der Waals surface area contributed by atoms with Crippen molar-refractivity contribution in [3.8, 4) is 5.75 Å². The molecule has 0 radical (unpaired) electrons. The summed E-state index contributed by atoms with van der Waals surface area (Å²) in [6.07, 6.45) is 2.48. The molecule has 174 valence electrons. The Kier molecular flexibility index (Phi) is 7.84. The van der Waals surface area contributed by atoms with Gasteiger partial charge in [0, 0.05) is 30.6 Å². The van der Waals surface area contributed by atoms with Crippen LogP contribution in [0, 0.1) is 6.92 Å². The highest BCUT2D eigenvalue weighted by molar-refractivity contribution is 7.10. The van der Waals surface area contributed by atoms with Crippen LogP contribution < -0.4 is 4.74 Å². The fraction of sp³-hybridized carbons (Fsp3) is 0.560. The Hall–Kier alpha value is -1.93. The summed E-state index contributed by atoms with van der Waals surface area (Å²) in [6.45, 7) is 6.80. The molecule has 1 fully saturated rings. The van der Waals surface area contributed by atoms with Gasteiger partial charge in [-0.05, 0) is 67.8 Å². The van der Waals surface area contributed by atoms with E-state index in [0.29, 0.717) is 45.5 Å². The number of aryl methyl sites for hydroxylation is 1. The molecule has 32 heavy (non-hydrogen) atoms. The first kappa shape index (κ1) is 23.2. The third-order valence-corrected chi connectivity index (χ3v) is 7.17. The van der Waals surface area contributed by atoms with E-state index in [1.54, 1.807) is 11.3 Å². The van der Waals surface area contributed by atoms with Crippen LogP contribution in [0.3, 0.4) is 0 Å². The average Bonchev–Trinajstić information content (AvgIpc) is 3.52. The zero-order valence-electron chi connectivity index (χ0n) is 19.0. The second kappa shape index (κ2) is 10.8. The van der Waals surface area contributed by atoms with Crippen LogP contribution >= 0.6 is 11.3 Å². The van der Waals surface area contributed by atoms with Crippen molar-refractivity contribution in [3.05, 3.63) is 51.7 Å². The van der Waals surface area contributed by atoms with Crippen LogP contribution in [0.2, 0.25) is 0 Å². The number of carbonyl (C=O) groups is 1. The summed E-state index contributed by atoms with van der Waals surface area (Å²) in [5, 5.41) is 12.4. The number of aliphatic hydroxyl groups excluding tert-OH is 1. The number of benzene rings is 1. The largest absolute Gasteiger partial charge is 0.491 e. The van der Waals surface area contributed by atoms with Crippen LogP contribution in [-0.4, -0.2) is 72.4 Å². The summed E-state index contributed by atoms with van der Waals surface area (Å²) >= 11 is 1.76. The molecule has 0 saturated heterocycles. The number of nitrogens with zero attached hydrogens (tertiary/aromatic N) is 2. The fourth-order valence-corrected chi connectivity index (χ4v) is 5.31. The molecule has 2 heterocycles. The van der Waals surface area contributed by atoms with Crippen molar-refractivity contribution in [1.29, 1.82) is 0 Å². The van der Waals surface area contributed by atoms with Gasteiger partial charge >= 0.3 is 0 Å². The first-order valence-corrected chi connectivity index (χ1v) is 12.5. The summed E-state index contributed by atoms with van der Waals surface area (Å²) in [6, 6.07) is 10.5. The van der Waals surface area contributed by atoms with Crippen LogP contribution in [0.15, 0.2) is 35.7 Å². The summed E-state index contributed by atoms with van der Waals surface area (Å²) in [5.41, 5.74) is 2.36. The highest BCUT2D eigenvalue weighted by atomic mass is 32.1. The number of aliphatic hydroxyl groups is 1. The van der Waals surface area contributed by atoms with Crippen LogP contribution in [0.4, 0.5) is 0 Å². The van der Waals surface area contributed by atoms with E-state index in [1.165, 1.54) is 10.4 Å². The highest BCUT2D eigenvalue weighted by Gasteiger charge is 2.36. The van der Waals surface area contributed by atoms with Crippen molar-refractivity contribution >= 4 is 17.2 Å². The van der Waals surface area contributed by atoms with E-state index in [4.69, 9.17) is 9.47 Å². The predicted octanol–water partition coefficient (Wildman–Crippen LogP) is 3.42. The number of carbonyl (C=O) groups excluding carboxylic acids is 1. The van der Waals surface area contributed by atoms with Gasteiger partial charge < -0.3 is 19.5 Å². The van der Waals surface area contributed by atoms with E-state index in [-0.39, 0.29) is 11.9 Å². The van der Waals surface area contributed by atoms with Gasteiger partial charge in [0.15, 0.2) is 0 Å². The van der Waals surface area contributed by atoms with E-state index in [0.717, 1.165) is 30.6 Å². The Morgan fingerprint density at radius 3 is 2.94 bits per heavy atom. The topological polar surface area (TPSA) is 62.2 Å². The first-order valence-electron chi connectivity index (χ1n) is 11.6. The molecule has 7 heteroatoms. The maximum Gasteiger partial charge on any atom is 0.237 e. The minimum Gasteiger partial charge on any atom is -0.491 e. The standard InChI is InChI=1S/C25H34N2O4S/c1-3-30-16-20(28)14-26(19-7-8-19)15-25(29)27-11-9-24-22(10-12-32-24)23(27)17-31-21-6-4-5-18(2)13-21/h4-6,10,12-13,19-20,23,28H,3,7-9,11,14-17H2,1-2H3. The molecule has 1 aromatic carbocycles. The van der Waals surface area contributed by atoms with Crippen LogP contribution in [0.25, 0.3) is 0 Å². The molecule has 0 spiro atoms. The number of thiophene rings is 1. The zero-order valence-corrected chi connectivity index (χ0v) is 19.9. The molecular weight excluding hydrogens is 424 g/mol. The van der Waals surface area contributed by atoms with E-state index >= 15 is 0 Å². The average molecular weight is 459 g/mol. The lowest BCUT2D eigenvalue weighted by atomic mass is 10.0. The third kappa shape index (κ3) is 5.90. The zero-order chi connectivity index (χ0) is 22.5. The van der Waals surface area contributed by atoms with E-state index < -0.39 is 6.10 Å². The number of fused-ring (bicyclic) bond motifs is 1. The smallest absolute Gasteiger partial charge is 0.237 e. The maximum absolute atomic E-state index is 13.5. The molecule has 0 bridgehead atoms. The number of rotatable bonds is 11. The second-order valence-electron chi connectivity index (χ2n) is 8.75. The molecule has 2 aromatic rings. The summed E-state index contributed by atoms with van der Waals surface area (Å²) in [7, 11) is 0. The maximum atomic E-state index is 13.5. The first-order chi connectivity index (χ1) is 15.5. The Morgan fingerprint density at radius 1 is 1.34 bits per heavy atom. The SMILES string of the molecule is CCOCC(O)CN(CC(=O)N1CCc2sccc2C1COc1cccc(C)c1)C1CC1. The van der Waals surface area contributed by atoms with E-state index in [1.807, 2.05) is 43.0 Å². The van der Waals surface area contributed by atoms with Gasteiger partial charge in [0.2, 0.25) is 5.91 Å².